The number of hydrogen-bond donors (Lipinski definition) is 1. The highest BCUT2D eigenvalue weighted by Gasteiger charge is 2.63. The minimum Gasteiger partial charge on any atom is -0.388 e. The van der Waals surface area contributed by atoms with E-state index in [2.05, 4.69) is 19.9 Å². The molecule has 0 unspecified atom stereocenters. The van der Waals surface area contributed by atoms with Gasteiger partial charge in [-0.05, 0) is 33.6 Å². The van der Waals surface area contributed by atoms with E-state index in [1.807, 2.05) is 6.92 Å². The molecule has 3 nitrogen and oxygen atoms in total. The van der Waals surface area contributed by atoms with Crippen LogP contribution in [0.2, 0.25) is 0 Å². The Hall–Kier alpha value is -0.380. The van der Waals surface area contributed by atoms with Crippen LogP contribution in [0.25, 0.3) is 0 Å². The maximum absolute atomic E-state index is 11.7. The molecule has 0 aromatic heterocycles. The molecule has 0 aromatic carbocycles. The summed E-state index contributed by atoms with van der Waals surface area (Å²) >= 11 is 5.94. The van der Waals surface area contributed by atoms with Gasteiger partial charge in [-0.1, -0.05) is 11.6 Å². The van der Waals surface area contributed by atoms with Gasteiger partial charge in [0.15, 0.2) is 0 Å². The van der Waals surface area contributed by atoms with Crippen LogP contribution in [0.3, 0.4) is 0 Å². The molecule has 0 spiro atoms. The standard InChI is InChI=1S/C15H23ClO3/c1-10(2)4-5-13-14(3,19-13)12-8-11(17)6-7-15(12,18)9-16/h4,12-13,18H,5-9H2,1-3H3/t12-,13-,14+,15+/m1/s1. The number of alkyl halides is 1. The maximum Gasteiger partial charge on any atom is 0.133 e. The molecule has 1 heterocycles. The first-order valence-electron chi connectivity index (χ1n) is 6.93. The van der Waals surface area contributed by atoms with E-state index < -0.39 is 11.2 Å². The van der Waals surface area contributed by atoms with Crippen molar-refractivity contribution in [1.29, 1.82) is 0 Å². The molecule has 1 saturated heterocycles. The third kappa shape index (κ3) is 2.88. The Labute approximate surface area is 120 Å². The number of carbonyl (C=O) groups excluding carboxylic acids is 1. The summed E-state index contributed by atoms with van der Waals surface area (Å²) in [6.45, 7) is 6.11. The smallest absolute Gasteiger partial charge is 0.133 e. The number of aliphatic hydroxyl groups is 1. The van der Waals surface area contributed by atoms with Crippen LogP contribution < -0.4 is 0 Å². The molecule has 4 atom stereocenters. The molecule has 1 saturated carbocycles. The Kier molecular flexibility index (Phi) is 4.10. The lowest BCUT2D eigenvalue weighted by Gasteiger charge is -2.40. The molecule has 0 bridgehead atoms. The first-order chi connectivity index (χ1) is 8.82. The third-order valence-corrected chi connectivity index (χ3v) is 5.02. The fraction of sp³-hybridized carbons (Fsp3) is 0.800. The number of rotatable bonds is 4. The Morgan fingerprint density at radius 3 is 2.84 bits per heavy atom. The molecule has 2 fully saturated rings. The van der Waals surface area contributed by atoms with Gasteiger partial charge >= 0.3 is 0 Å². The van der Waals surface area contributed by atoms with E-state index in [4.69, 9.17) is 16.3 Å². The third-order valence-electron chi connectivity index (χ3n) is 4.56. The summed E-state index contributed by atoms with van der Waals surface area (Å²) in [5.74, 6) is 0.186. The summed E-state index contributed by atoms with van der Waals surface area (Å²) in [4.78, 5) is 11.7. The van der Waals surface area contributed by atoms with Crippen LogP contribution in [0.4, 0.5) is 0 Å². The van der Waals surface area contributed by atoms with Crippen LogP contribution >= 0.6 is 11.6 Å². The first-order valence-corrected chi connectivity index (χ1v) is 7.46. The fourth-order valence-corrected chi connectivity index (χ4v) is 3.47. The second-order valence-electron chi connectivity index (χ2n) is 6.34. The molecule has 0 amide bonds. The SMILES string of the molecule is CC(C)=CC[C@H]1O[C@@]1(C)[C@H]1CC(=O)CC[C@]1(O)CCl. The number of halogens is 1. The highest BCUT2D eigenvalue weighted by atomic mass is 35.5. The van der Waals surface area contributed by atoms with Crippen molar-refractivity contribution in [3.05, 3.63) is 11.6 Å². The first kappa shape index (κ1) is 15.0. The van der Waals surface area contributed by atoms with Gasteiger partial charge in [0.2, 0.25) is 0 Å². The van der Waals surface area contributed by atoms with E-state index in [0.29, 0.717) is 19.3 Å². The van der Waals surface area contributed by atoms with Gasteiger partial charge in [0, 0.05) is 18.8 Å². The van der Waals surface area contributed by atoms with Crippen molar-refractivity contribution in [3.63, 3.8) is 0 Å². The maximum atomic E-state index is 11.7. The van der Waals surface area contributed by atoms with E-state index >= 15 is 0 Å². The Morgan fingerprint density at radius 2 is 2.26 bits per heavy atom. The number of Topliss-reactive ketones (excluding diaryl/α,β-unsaturated/α-hetero) is 1. The van der Waals surface area contributed by atoms with Crippen LogP contribution in [-0.2, 0) is 9.53 Å². The Bertz CT molecular complexity index is 402. The second-order valence-corrected chi connectivity index (χ2v) is 6.61. The molecule has 2 aliphatic rings. The van der Waals surface area contributed by atoms with E-state index in [9.17, 15) is 9.90 Å². The topological polar surface area (TPSA) is 49.8 Å². The van der Waals surface area contributed by atoms with Gasteiger partial charge in [-0.15, -0.1) is 11.6 Å². The number of carbonyl (C=O) groups is 1. The summed E-state index contributed by atoms with van der Waals surface area (Å²) in [6, 6.07) is 0. The molecule has 0 aromatic rings. The zero-order valence-electron chi connectivity index (χ0n) is 11.9. The van der Waals surface area contributed by atoms with Crippen molar-refractivity contribution < 1.29 is 14.6 Å². The summed E-state index contributed by atoms with van der Waals surface area (Å²) < 4.78 is 5.82. The van der Waals surface area contributed by atoms with E-state index in [0.717, 1.165) is 6.42 Å². The van der Waals surface area contributed by atoms with E-state index in [1.165, 1.54) is 5.57 Å². The van der Waals surface area contributed by atoms with E-state index in [-0.39, 0.29) is 23.7 Å². The Balaban J connectivity index is 2.11. The van der Waals surface area contributed by atoms with E-state index in [1.54, 1.807) is 0 Å². The fourth-order valence-electron chi connectivity index (χ4n) is 3.15. The van der Waals surface area contributed by atoms with Gasteiger partial charge in [-0.2, -0.15) is 0 Å². The number of epoxide rings is 1. The van der Waals surface area contributed by atoms with Crippen LogP contribution in [0.5, 0.6) is 0 Å². The van der Waals surface area contributed by atoms with Crippen LogP contribution in [0, 0.1) is 5.92 Å². The van der Waals surface area contributed by atoms with Crippen LogP contribution in [-0.4, -0.2) is 34.1 Å². The molecule has 1 N–H and O–H groups in total. The molecular formula is C15H23ClO3. The van der Waals surface area contributed by atoms with Gasteiger partial charge in [-0.25, -0.2) is 0 Å². The average Bonchev–Trinajstić information content (AvgIpc) is 3.02. The number of hydrogen-bond acceptors (Lipinski definition) is 3. The van der Waals surface area contributed by atoms with Gasteiger partial charge in [0.1, 0.15) is 5.78 Å². The lowest BCUT2D eigenvalue weighted by Crippen LogP contribution is -2.51. The minimum absolute atomic E-state index is 0.0908. The predicted octanol–water partition coefficient (Wildman–Crippen LogP) is 2.84. The zero-order chi connectivity index (χ0) is 14.3. The molecule has 1 aliphatic heterocycles. The zero-order valence-corrected chi connectivity index (χ0v) is 12.7. The number of allylic oxidation sites excluding steroid dienone is 1. The lowest BCUT2D eigenvalue weighted by molar-refractivity contribution is -0.132. The van der Waals surface area contributed by atoms with Gasteiger partial charge in [0.25, 0.3) is 0 Å². The lowest BCUT2D eigenvalue weighted by atomic mass is 9.68. The molecular weight excluding hydrogens is 264 g/mol. The van der Waals surface area contributed by atoms with Crippen molar-refractivity contribution in [2.45, 2.75) is 63.8 Å². The monoisotopic (exact) mass is 286 g/mol. The molecule has 4 heteroatoms. The summed E-state index contributed by atoms with van der Waals surface area (Å²) in [5.41, 5.74) is -0.125. The van der Waals surface area contributed by atoms with Crippen molar-refractivity contribution in [2.75, 3.05) is 5.88 Å². The molecule has 19 heavy (non-hydrogen) atoms. The molecule has 108 valence electrons. The predicted molar refractivity (Wildman–Crippen MR) is 75.3 cm³/mol. The average molecular weight is 287 g/mol. The van der Waals surface area contributed by atoms with Gasteiger partial charge in [-0.3, -0.25) is 4.79 Å². The van der Waals surface area contributed by atoms with Crippen LogP contribution in [0.1, 0.15) is 46.5 Å². The van der Waals surface area contributed by atoms with Crippen LogP contribution in [0.15, 0.2) is 11.6 Å². The number of ketones is 1. The molecule has 2 rings (SSSR count). The summed E-state index contributed by atoms with van der Waals surface area (Å²) in [5, 5.41) is 10.6. The van der Waals surface area contributed by atoms with Crippen molar-refractivity contribution in [3.8, 4) is 0 Å². The Morgan fingerprint density at radius 1 is 1.58 bits per heavy atom. The van der Waals surface area contributed by atoms with Gasteiger partial charge < -0.3 is 9.84 Å². The summed E-state index contributed by atoms with van der Waals surface area (Å²) in [7, 11) is 0. The van der Waals surface area contributed by atoms with Crippen molar-refractivity contribution >= 4 is 17.4 Å². The van der Waals surface area contributed by atoms with Gasteiger partial charge in [0.05, 0.1) is 23.2 Å². The van der Waals surface area contributed by atoms with Crippen molar-refractivity contribution in [2.24, 2.45) is 5.92 Å². The highest BCUT2D eigenvalue weighted by Crippen LogP contribution is 2.53. The quantitative estimate of drug-likeness (QED) is 0.491. The second kappa shape index (κ2) is 5.19. The largest absolute Gasteiger partial charge is 0.388 e. The highest BCUT2D eigenvalue weighted by molar-refractivity contribution is 6.18. The molecule has 1 aliphatic carbocycles. The molecule has 0 radical (unpaired) electrons. The number of ether oxygens (including phenoxy) is 1. The summed E-state index contributed by atoms with van der Waals surface area (Å²) in [6.07, 6.45) is 4.32. The normalized spacial score (nSPS) is 42.1. The van der Waals surface area contributed by atoms with Crippen molar-refractivity contribution in [1.82, 2.24) is 0 Å². The minimum atomic E-state index is -0.968.